The molecule has 1 aromatic heterocycles. The number of benzene rings is 2. The van der Waals surface area contributed by atoms with Gasteiger partial charge in [0.05, 0.1) is 11.6 Å². The average Bonchev–Trinajstić information content (AvgIpc) is 2.91. The Labute approximate surface area is 216 Å². The van der Waals surface area contributed by atoms with Gasteiger partial charge < -0.3 is 15.1 Å². The van der Waals surface area contributed by atoms with Crippen LogP contribution in [0.4, 0.5) is 17.2 Å². The molecule has 1 fully saturated rings. The zero-order valence-corrected chi connectivity index (χ0v) is 21.3. The molecule has 9 nitrogen and oxygen atoms in total. The molecule has 0 spiro atoms. The monoisotopic (exact) mass is 500 g/mol. The van der Waals surface area contributed by atoms with E-state index in [1.165, 1.54) is 17.2 Å². The van der Waals surface area contributed by atoms with Crippen molar-refractivity contribution in [1.29, 1.82) is 5.26 Å². The van der Waals surface area contributed by atoms with Crippen molar-refractivity contribution in [2.45, 2.75) is 39.7 Å². The van der Waals surface area contributed by atoms with E-state index in [0.29, 0.717) is 44.0 Å². The van der Waals surface area contributed by atoms with Gasteiger partial charge in [-0.2, -0.15) is 5.26 Å². The summed E-state index contributed by atoms with van der Waals surface area (Å²) in [4.78, 5) is 44.6. The van der Waals surface area contributed by atoms with Crippen molar-refractivity contribution in [2.24, 2.45) is 0 Å². The number of amides is 1. The van der Waals surface area contributed by atoms with Crippen molar-refractivity contribution < 1.29 is 4.79 Å². The molecule has 4 rings (SSSR count). The summed E-state index contributed by atoms with van der Waals surface area (Å²) >= 11 is 0. The van der Waals surface area contributed by atoms with Crippen molar-refractivity contribution in [3.8, 4) is 6.07 Å². The third kappa shape index (κ3) is 6.28. The summed E-state index contributed by atoms with van der Waals surface area (Å²) in [5, 5.41) is 12.2. The predicted octanol–water partition coefficient (Wildman–Crippen LogP) is 3.15. The van der Waals surface area contributed by atoms with Gasteiger partial charge in [0.25, 0.3) is 5.56 Å². The molecule has 0 saturated carbocycles. The first-order valence-electron chi connectivity index (χ1n) is 12.6. The lowest BCUT2D eigenvalue weighted by Gasteiger charge is -2.36. The number of nitrogens with zero attached hydrogens (tertiary/aromatic N) is 4. The maximum atomic E-state index is 12.7. The van der Waals surface area contributed by atoms with Gasteiger partial charge in [0.2, 0.25) is 5.91 Å². The van der Waals surface area contributed by atoms with E-state index < -0.39 is 11.2 Å². The number of carbonyl (C=O) groups is 1. The van der Waals surface area contributed by atoms with Crippen LogP contribution in [-0.2, 0) is 17.8 Å². The molecule has 2 N–H and O–H groups in total. The van der Waals surface area contributed by atoms with Gasteiger partial charge in [-0.05, 0) is 61.2 Å². The lowest BCUT2D eigenvalue weighted by atomic mass is 10.1. The normalized spacial score (nSPS) is 13.3. The standard InChI is InChI=1S/C28H32N6O3/c1-3-22-17-23(10-9-20(22)2)30-25-18-27(36)34(28(37)31-25)11-5-8-26(35)33-14-12-32(13-15-33)24-7-4-6-21(16-24)19-29/h4,6-7,9-10,16-18,30H,3,5,8,11-15H2,1-2H3,(H,31,37). The second kappa shape index (κ2) is 11.6. The highest BCUT2D eigenvalue weighted by Crippen LogP contribution is 2.19. The van der Waals surface area contributed by atoms with Gasteiger partial charge in [0.1, 0.15) is 5.82 Å². The van der Waals surface area contributed by atoms with Gasteiger partial charge >= 0.3 is 5.69 Å². The number of hydrogen-bond acceptors (Lipinski definition) is 6. The van der Waals surface area contributed by atoms with Gasteiger partial charge in [-0.3, -0.25) is 19.1 Å². The maximum absolute atomic E-state index is 12.7. The SMILES string of the molecule is CCc1cc(Nc2cc(=O)n(CCCC(=O)N3CCN(c4cccc(C#N)c4)CC3)c(=O)[nH]2)ccc1C. The minimum atomic E-state index is -0.501. The summed E-state index contributed by atoms with van der Waals surface area (Å²) in [5.74, 6) is 0.352. The minimum Gasteiger partial charge on any atom is -0.368 e. The fraction of sp³-hybridized carbons (Fsp3) is 0.357. The Balaban J connectivity index is 1.29. The van der Waals surface area contributed by atoms with Crippen LogP contribution < -0.4 is 21.5 Å². The third-order valence-corrected chi connectivity index (χ3v) is 6.77. The minimum absolute atomic E-state index is 0.0132. The van der Waals surface area contributed by atoms with Gasteiger partial charge in [-0.1, -0.05) is 19.1 Å². The number of hydrogen-bond donors (Lipinski definition) is 2. The highest BCUT2D eigenvalue weighted by molar-refractivity contribution is 5.76. The van der Waals surface area contributed by atoms with Crippen LogP contribution in [-0.4, -0.2) is 46.5 Å². The zero-order chi connectivity index (χ0) is 26.4. The van der Waals surface area contributed by atoms with E-state index in [0.717, 1.165) is 22.4 Å². The molecular weight excluding hydrogens is 468 g/mol. The summed E-state index contributed by atoms with van der Waals surface area (Å²) in [7, 11) is 0. The van der Waals surface area contributed by atoms with Crippen LogP contribution in [0.25, 0.3) is 0 Å². The van der Waals surface area contributed by atoms with Gasteiger partial charge in [-0.15, -0.1) is 0 Å². The number of rotatable bonds is 8. The number of aryl methyl sites for hydroxylation is 2. The summed E-state index contributed by atoms with van der Waals surface area (Å²) < 4.78 is 1.13. The van der Waals surface area contributed by atoms with E-state index in [9.17, 15) is 14.4 Å². The van der Waals surface area contributed by atoms with E-state index >= 15 is 0 Å². The predicted molar refractivity (Wildman–Crippen MR) is 144 cm³/mol. The fourth-order valence-electron chi connectivity index (χ4n) is 4.62. The van der Waals surface area contributed by atoms with Crippen molar-refractivity contribution in [1.82, 2.24) is 14.5 Å². The van der Waals surface area contributed by atoms with Crippen LogP contribution in [0.5, 0.6) is 0 Å². The molecular formula is C28H32N6O3. The van der Waals surface area contributed by atoms with Crippen LogP contribution in [0.2, 0.25) is 0 Å². The first-order chi connectivity index (χ1) is 17.9. The molecule has 1 aliphatic heterocycles. The number of carbonyl (C=O) groups excluding carboxylic acids is 1. The van der Waals surface area contributed by atoms with Gasteiger partial charge in [0.15, 0.2) is 0 Å². The van der Waals surface area contributed by atoms with E-state index in [1.807, 2.05) is 48.2 Å². The molecule has 9 heteroatoms. The Morgan fingerprint density at radius 3 is 2.57 bits per heavy atom. The smallest absolute Gasteiger partial charge is 0.329 e. The van der Waals surface area contributed by atoms with Crippen molar-refractivity contribution in [3.63, 3.8) is 0 Å². The topological polar surface area (TPSA) is 114 Å². The van der Waals surface area contributed by atoms with Crippen molar-refractivity contribution >= 4 is 23.1 Å². The quantitative estimate of drug-likeness (QED) is 0.491. The number of aromatic nitrogens is 2. The molecule has 2 heterocycles. The van der Waals surface area contributed by atoms with Gasteiger partial charge in [0, 0.05) is 56.6 Å². The Bertz CT molecular complexity index is 1400. The van der Waals surface area contributed by atoms with Crippen LogP contribution in [0.3, 0.4) is 0 Å². The van der Waals surface area contributed by atoms with E-state index in [-0.39, 0.29) is 18.9 Å². The molecule has 37 heavy (non-hydrogen) atoms. The van der Waals surface area contributed by atoms with E-state index in [4.69, 9.17) is 5.26 Å². The molecule has 192 valence electrons. The average molecular weight is 501 g/mol. The molecule has 1 saturated heterocycles. The summed E-state index contributed by atoms with van der Waals surface area (Å²) in [6.07, 6.45) is 1.56. The van der Waals surface area contributed by atoms with Crippen LogP contribution in [0.15, 0.2) is 58.1 Å². The van der Waals surface area contributed by atoms with Crippen molar-refractivity contribution in [2.75, 3.05) is 36.4 Å². The second-order valence-electron chi connectivity index (χ2n) is 9.23. The number of nitriles is 1. The highest BCUT2D eigenvalue weighted by atomic mass is 16.2. The summed E-state index contributed by atoms with van der Waals surface area (Å²) in [6.45, 7) is 6.86. The van der Waals surface area contributed by atoms with E-state index in [2.05, 4.69) is 28.2 Å². The van der Waals surface area contributed by atoms with Crippen LogP contribution >= 0.6 is 0 Å². The Morgan fingerprint density at radius 2 is 1.86 bits per heavy atom. The number of anilines is 3. The Kier molecular flexibility index (Phi) is 8.08. The van der Waals surface area contributed by atoms with Crippen molar-refractivity contribution in [3.05, 3.63) is 86.1 Å². The summed E-state index contributed by atoms with van der Waals surface area (Å²) in [6, 6.07) is 16.9. The molecule has 2 aromatic carbocycles. The fourth-order valence-corrected chi connectivity index (χ4v) is 4.62. The molecule has 0 radical (unpaired) electrons. The molecule has 0 aliphatic carbocycles. The zero-order valence-electron chi connectivity index (χ0n) is 21.3. The second-order valence-corrected chi connectivity index (χ2v) is 9.23. The Hall–Kier alpha value is -4.32. The molecule has 3 aromatic rings. The van der Waals surface area contributed by atoms with E-state index in [1.54, 1.807) is 6.07 Å². The molecule has 0 atom stereocenters. The largest absolute Gasteiger partial charge is 0.368 e. The van der Waals surface area contributed by atoms with Crippen LogP contribution in [0, 0.1) is 18.3 Å². The number of aromatic amines is 1. The first kappa shape index (κ1) is 25.8. The first-order valence-corrected chi connectivity index (χ1v) is 12.6. The highest BCUT2D eigenvalue weighted by Gasteiger charge is 2.21. The lowest BCUT2D eigenvalue weighted by molar-refractivity contribution is -0.131. The Morgan fingerprint density at radius 1 is 1.08 bits per heavy atom. The number of piperazine rings is 1. The summed E-state index contributed by atoms with van der Waals surface area (Å²) in [5.41, 5.74) is 3.88. The maximum Gasteiger partial charge on any atom is 0.329 e. The molecule has 1 aliphatic rings. The number of H-pyrrole nitrogens is 1. The van der Waals surface area contributed by atoms with Gasteiger partial charge in [-0.25, -0.2) is 4.79 Å². The molecule has 0 unspecified atom stereocenters. The third-order valence-electron chi connectivity index (χ3n) is 6.77. The molecule has 0 bridgehead atoms. The molecule has 1 amide bonds. The van der Waals surface area contributed by atoms with Crippen LogP contribution in [0.1, 0.15) is 36.5 Å². The number of nitrogens with one attached hydrogen (secondary N) is 2. The lowest BCUT2D eigenvalue weighted by Crippen LogP contribution is -2.48.